The largest absolute Gasteiger partial charge is 0.395 e. The fourth-order valence-electron chi connectivity index (χ4n) is 6.81. The van der Waals surface area contributed by atoms with Gasteiger partial charge >= 0.3 is 0 Å². The molecule has 2 aromatic heterocycles. The van der Waals surface area contributed by atoms with E-state index in [4.69, 9.17) is 9.97 Å². The number of anilines is 2. The second kappa shape index (κ2) is 11.7. The van der Waals surface area contributed by atoms with Gasteiger partial charge < -0.3 is 24.8 Å². The van der Waals surface area contributed by atoms with Gasteiger partial charge in [-0.15, -0.1) is 0 Å². The summed E-state index contributed by atoms with van der Waals surface area (Å²) >= 11 is 0. The van der Waals surface area contributed by atoms with Crippen molar-refractivity contribution in [3.8, 4) is 0 Å². The summed E-state index contributed by atoms with van der Waals surface area (Å²) in [5.74, 6) is 1.12. The Kier molecular flexibility index (Phi) is 7.92. The number of fused-ring (bicyclic) bond motifs is 1. The summed E-state index contributed by atoms with van der Waals surface area (Å²) in [6.45, 7) is 5.36. The standard InChI is InChI=1S/C29H39F2N7O/c30-24-6-5-20(17-25(24)31)18-32-27-26-28(38(19-33-26)23-3-1-2-4-23)35-29(34-27)37-13-9-22(10-14-37)21-7-11-36(12-8-21)15-16-39/h5-6,17,19,21-23,39H,1-4,7-16,18H2,(H,32,34,35). The van der Waals surface area contributed by atoms with Crippen LogP contribution in [-0.4, -0.2) is 68.9 Å². The molecule has 0 spiro atoms. The summed E-state index contributed by atoms with van der Waals surface area (Å²) in [5.41, 5.74) is 2.21. The third-order valence-corrected chi connectivity index (χ3v) is 9.11. The minimum Gasteiger partial charge on any atom is -0.395 e. The zero-order valence-electron chi connectivity index (χ0n) is 22.5. The van der Waals surface area contributed by atoms with Crippen LogP contribution in [0.2, 0.25) is 0 Å². The van der Waals surface area contributed by atoms with E-state index in [0.717, 1.165) is 87.5 Å². The van der Waals surface area contributed by atoms with Gasteiger partial charge in [-0.1, -0.05) is 18.9 Å². The highest BCUT2D eigenvalue weighted by atomic mass is 19.2. The molecule has 210 valence electrons. The van der Waals surface area contributed by atoms with E-state index in [1.165, 1.54) is 31.7 Å². The number of rotatable bonds is 8. The van der Waals surface area contributed by atoms with Crippen molar-refractivity contribution in [3.05, 3.63) is 41.7 Å². The zero-order valence-corrected chi connectivity index (χ0v) is 22.5. The van der Waals surface area contributed by atoms with Gasteiger partial charge in [0.15, 0.2) is 28.6 Å². The van der Waals surface area contributed by atoms with E-state index in [-0.39, 0.29) is 6.61 Å². The van der Waals surface area contributed by atoms with Crippen molar-refractivity contribution in [2.45, 2.75) is 64.0 Å². The summed E-state index contributed by atoms with van der Waals surface area (Å²) in [6.07, 6.45) is 11.3. The average molecular weight is 540 g/mol. The monoisotopic (exact) mass is 539 g/mol. The maximum atomic E-state index is 13.8. The molecular weight excluding hydrogens is 500 g/mol. The van der Waals surface area contributed by atoms with Crippen molar-refractivity contribution in [1.29, 1.82) is 0 Å². The molecule has 1 aliphatic carbocycles. The number of β-amino-alcohol motifs (C(OH)–C–C–N with tert-alkyl or cyclic N) is 1. The van der Waals surface area contributed by atoms with E-state index in [0.29, 0.717) is 29.9 Å². The van der Waals surface area contributed by atoms with Gasteiger partial charge in [0.25, 0.3) is 0 Å². The first kappa shape index (κ1) is 26.4. The molecule has 10 heteroatoms. The number of imidazole rings is 1. The van der Waals surface area contributed by atoms with Crippen LogP contribution in [0.1, 0.15) is 63.0 Å². The quantitative estimate of drug-likeness (QED) is 0.427. The van der Waals surface area contributed by atoms with E-state index >= 15 is 0 Å². The molecule has 2 aliphatic heterocycles. The van der Waals surface area contributed by atoms with Gasteiger partial charge in [-0.3, -0.25) is 0 Å². The molecule has 2 saturated heterocycles. The van der Waals surface area contributed by atoms with Crippen molar-refractivity contribution in [3.63, 3.8) is 0 Å². The minimum atomic E-state index is -0.852. The predicted molar refractivity (Wildman–Crippen MR) is 148 cm³/mol. The Morgan fingerprint density at radius 1 is 0.897 bits per heavy atom. The normalized spacial score (nSPS) is 20.3. The molecule has 6 rings (SSSR count). The van der Waals surface area contributed by atoms with Crippen molar-refractivity contribution in [2.24, 2.45) is 11.8 Å². The van der Waals surface area contributed by atoms with Crippen LogP contribution in [0.5, 0.6) is 0 Å². The molecule has 1 aromatic carbocycles. The second-order valence-electron chi connectivity index (χ2n) is 11.5. The first-order valence-electron chi connectivity index (χ1n) is 14.6. The molecule has 0 unspecified atom stereocenters. The number of hydrogen-bond acceptors (Lipinski definition) is 7. The Morgan fingerprint density at radius 2 is 1.62 bits per heavy atom. The predicted octanol–water partition coefficient (Wildman–Crippen LogP) is 4.75. The maximum Gasteiger partial charge on any atom is 0.229 e. The molecule has 2 N–H and O–H groups in total. The lowest BCUT2D eigenvalue weighted by Crippen LogP contribution is -2.42. The summed E-state index contributed by atoms with van der Waals surface area (Å²) in [7, 11) is 0. The first-order chi connectivity index (χ1) is 19.1. The molecule has 4 heterocycles. The minimum absolute atomic E-state index is 0.241. The van der Waals surface area contributed by atoms with Gasteiger partial charge in [0.2, 0.25) is 5.95 Å². The Hall–Kier alpha value is -2.85. The van der Waals surface area contributed by atoms with E-state index in [1.807, 2.05) is 6.33 Å². The molecule has 39 heavy (non-hydrogen) atoms. The number of likely N-dealkylation sites (tertiary alicyclic amines) is 1. The Balaban J connectivity index is 1.20. The number of piperidine rings is 2. The Bertz CT molecular complexity index is 1260. The number of halogens is 2. The van der Waals surface area contributed by atoms with Crippen LogP contribution >= 0.6 is 0 Å². The summed E-state index contributed by atoms with van der Waals surface area (Å²) in [4.78, 5) is 19.3. The van der Waals surface area contributed by atoms with Crippen molar-refractivity contribution >= 4 is 22.9 Å². The molecule has 3 aliphatic rings. The van der Waals surface area contributed by atoms with Gasteiger partial charge in [-0.25, -0.2) is 13.8 Å². The summed E-state index contributed by atoms with van der Waals surface area (Å²) in [6, 6.07) is 4.36. The number of hydrogen-bond donors (Lipinski definition) is 2. The van der Waals surface area contributed by atoms with Gasteiger partial charge in [-0.05, 0) is 81.1 Å². The third-order valence-electron chi connectivity index (χ3n) is 9.11. The molecule has 3 fully saturated rings. The molecule has 0 radical (unpaired) electrons. The number of aromatic nitrogens is 4. The van der Waals surface area contributed by atoms with Crippen LogP contribution in [0.4, 0.5) is 20.5 Å². The number of aliphatic hydroxyl groups is 1. The maximum absolute atomic E-state index is 13.8. The topological polar surface area (TPSA) is 82.3 Å². The summed E-state index contributed by atoms with van der Waals surface area (Å²) < 4.78 is 29.4. The highest BCUT2D eigenvalue weighted by Gasteiger charge is 2.31. The fourth-order valence-corrected chi connectivity index (χ4v) is 6.81. The molecule has 0 bridgehead atoms. The first-order valence-corrected chi connectivity index (χ1v) is 14.6. The smallest absolute Gasteiger partial charge is 0.229 e. The van der Waals surface area contributed by atoms with Gasteiger partial charge in [0, 0.05) is 32.2 Å². The molecule has 1 saturated carbocycles. The SMILES string of the molecule is OCCN1CCC(C2CCN(c3nc(NCc4ccc(F)c(F)c4)c4ncn(C5CCCC5)c4n3)CC2)CC1. The number of nitrogens with one attached hydrogen (secondary N) is 1. The van der Waals surface area contributed by atoms with Gasteiger partial charge in [0.05, 0.1) is 12.9 Å². The zero-order chi connectivity index (χ0) is 26.8. The van der Waals surface area contributed by atoms with Crippen LogP contribution in [0.25, 0.3) is 11.2 Å². The molecule has 8 nitrogen and oxygen atoms in total. The third kappa shape index (κ3) is 5.72. The van der Waals surface area contributed by atoms with E-state index in [9.17, 15) is 13.9 Å². The highest BCUT2D eigenvalue weighted by molar-refractivity contribution is 5.84. The lowest BCUT2D eigenvalue weighted by Gasteiger charge is -2.40. The van der Waals surface area contributed by atoms with Crippen LogP contribution in [-0.2, 0) is 6.54 Å². The average Bonchev–Trinajstić information content (AvgIpc) is 3.64. The lowest BCUT2D eigenvalue weighted by atomic mass is 9.79. The van der Waals surface area contributed by atoms with Crippen molar-refractivity contribution in [1.82, 2.24) is 24.4 Å². The molecular formula is C29H39F2N7O. The van der Waals surface area contributed by atoms with E-state index in [1.54, 1.807) is 6.07 Å². The van der Waals surface area contributed by atoms with Crippen LogP contribution in [0, 0.1) is 23.5 Å². The summed E-state index contributed by atoms with van der Waals surface area (Å²) in [5, 5.41) is 12.6. The highest BCUT2D eigenvalue weighted by Crippen LogP contribution is 2.36. The molecule has 0 atom stereocenters. The van der Waals surface area contributed by atoms with Crippen molar-refractivity contribution in [2.75, 3.05) is 49.5 Å². The van der Waals surface area contributed by atoms with E-state index in [2.05, 4.69) is 24.7 Å². The van der Waals surface area contributed by atoms with Crippen LogP contribution in [0.3, 0.4) is 0 Å². The molecule has 0 amide bonds. The van der Waals surface area contributed by atoms with Gasteiger partial charge in [-0.2, -0.15) is 9.97 Å². The van der Waals surface area contributed by atoms with Crippen LogP contribution < -0.4 is 10.2 Å². The number of aliphatic hydroxyl groups excluding tert-OH is 1. The van der Waals surface area contributed by atoms with E-state index < -0.39 is 11.6 Å². The Labute approximate surface area is 228 Å². The second-order valence-corrected chi connectivity index (χ2v) is 11.5. The number of nitrogens with zero attached hydrogens (tertiary/aromatic N) is 6. The molecule has 3 aromatic rings. The lowest BCUT2D eigenvalue weighted by molar-refractivity contribution is 0.115. The van der Waals surface area contributed by atoms with Crippen molar-refractivity contribution < 1.29 is 13.9 Å². The number of benzene rings is 1. The Morgan fingerprint density at radius 3 is 2.31 bits per heavy atom. The van der Waals surface area contributed by atoms with Crippen LogP contribution in [0.15, 0.2) is 24.5 Å². The fraction of sp³-hybridized carbons (Fsp3) is 0.621. The van der Waals surface area contributed by atoms with Gasteiger partial charge in [0.1, 0.15) is 0 Å².